The molecule has 0 unspecified atom stereocenters. The second-order valence-electron chi connectivity index (χ2n) is 10.2. The maximum absolute atomic E-state index is 12.4. The summed E-state index contributed by atoms with van der Waals surface area (Å²) >= 11 is 0. The summed E-state index contributed by atoms with van der Waals surface area (Å²) in [5, 5.41) is 14.4. The molecule has 0 saturated heterocycles. The van der Waals surface area contributed by atoms with Crippen LogP contribution in [0, 0.1) is 0 Å². The first-order valence-electron chi connectivity index (χ1n) is 12.5. The van der Waals surface area contributed by atoms with Crippen LogP contribution < -0.4 is 15.4 Å². The highest BCUT2D eigenvalue weighted by Gasteiger charge is 2.29. The standard InChI is InChI=1S/C30H32N2O6/c1-30(2,3)38-20-14-12-19(13-15-20)16-26(28(34)35)32-27(33)17-31-29(36)37-18-25-23-10-6-4-8-21(23)22-9-5-7-11-24(22)25/h4-15,25-26H,16-18H2,1-3H3,(H,31,36)(H,32,33)(H,34,35)/t26-/m0/s1. The molecule has 38 heavy (non-hydrogen) atoms. The summed E-state index contributed by atoms with van der Waals surface area (Å²) in [5.74, 6) is -1.23. The Kier molecular flexibility index (Phi) is 8.00. The van der Waals surface area contributed by atoms with Crippen molar-refractivity contribution in [1.29, 1.82) is 0 Å². The Morgan fingerprint density at radius 3 is 2.03 bits per heavy atom. The molecular weight excluding hydrogens is 484 g/mol. The zero-order valence-corrected chi connectivity index (χ0v) is 21.7. The highest BCUT2D eigenvalue weighted by atomic mass is 16.5. The van der Waals surface area contributed by atoms with Crippen molar-refractivity contribution >= 4 is 18.0 Å². The lowest BCUT2D eigenvalue weighted by atomic mass is 9.98. The summed E-state index contributed by atoms with van der Waals surface area (Å²) in [7, 11) is 0. The average molecular weight is 517 g/mol. The quantitative estimate of drug-likeness (QED) is 0.386. The number of carbonyl (C=O) groups excluding carboxylic acids is 2. The molecule has 1 atom stereocenters. The Bertz CT molecular complexity index is 1270. The molecule has 3 aromatic carbocycles. The number of carbonyl (C=O) groups is 3. The van der Waals surface area contributed by atoms with Gasteiger partial charge in [0.1, 0.15) is 30.5 Å². The molecule has 8 heteroatoms. The molecule has 1 aliphatic rings. The lowest BCUT2D eigenvalue weighted by molar-refractivity contribution is -0.141. The molecule has 1 aliphatic carbocycles. The summed E-state index contributed by atoms with van der Waals surface area (Å²) in [6.07, 6.45) is -0.662. The van der Waals surface area contributed by atoms with Gasteiger partial charge in [0, 0.05) is 12.3 Å². The van der Waals surface area contributed by atoms with Crippen molar-refractivity contribution in [3.8, 4) is 16.9 Å². The van der Waals surface area contributed by atoms with E-state index in [9.17, 15) is 19.5 Å². The van der Waals surface area contributed by atoms with E-state index in [2.05, 4.69) is 10.6 Å². The van der Waals surface area contributed by atoms with E-state index in [0.717, 1.165) is 27.8 Å². The molecule has 4 rings (SSSR count). The Morgan fingerprint density at radius 2 is 1.47 bits per heavy atom. The topological polar surface area (TPSA) is 114 Å². The summed E-state index contributed by atoms with van der Waals surface area (Å²) in [6, 6.07) is 21.9. The number of benzene rings is 3. The van der Waals surface area contributed by atoms with Gasteiger partial charge in [0.25, 0.3) is 0 Å². The minimum absolute atomic E-state index is 0.0851. The van der Waals surface area contributed by atoms with Gasteiger partial charge in [-0.3, -0.25) is 4.79 Å². The van der Waals surface area contributed by atoms with E-state index in [1.54, 1.807) is 24.3 Å². The van der Waals surface area contributed by atoms with Gasteiger partial charge in [-0.15, -0.1) is 0 Å². The fourth-order valence-electron chi connectivity index (χ4n) is 4.53. The van der Waals surface area contributed by atoms with E-state index in [0.29, 0.717) is 5.75 Å². The number of amides is 2. The Balaban J connectivity index is 1.27. The molecule has 0 saturated carbocycles. The number of fused-ring (bicyclic) bond motifs is 3. The summed E-state index contributed by atoms with van der Waals surface area (Å²) in [4.78, 5) is 36.4. The third-order valence-corrected chi connectivity index (χ3v) is 6.16. The molecule has 0 aromatic heterocycles. The molecule has 0 spiro atoms. The van der Waals surface area contributed by atoms with E-state index < -0.39 is 30.6 Å². The highest BCUT2D eigenvalue weighted by molar-refractivity contribution is 5.87. The second kappa shape index (κ2) is 11.4. The monoisotopic (exact) mass is 516 g/mol. The Labute approximate surface area is 222 Å². The third-order valence-electron chi connectivity index (χ3n) is 6.16. The molecule has 2 amide bonds. The maximum Gasteiger partial charge on any atom is 0.407 e. The van der Waals surface area contributed by atoms with Gasteiger partial charge in [0.2, 0.25) is 5.91 Å². The third kappa shape index (κ3) is 6.70. The molecule has 0 fully saturated rings. The summed E-state index contributed by atoms with van der Waals surface area (Å²) in [5.41, 5.74) is 4.78. The molecule has 3 N–H and O–H groups in total. The lowest BCUT2D eigenvalue weighted by Crippen LogP contribution is -2.46. The summed E-state index contributed by atoms with van der Waals surface area (Å²) < 4.78 is 11.2. The van der Waals surface area contributed by atoms with Crippen LogP contribution in [0.2, 0.25) is 0 Å². The molecule has 8 nitrogen and oxygen atoms in total. The number of hydrogen-bond acceptors (Lipinski definition) is 5. The number of hydrogen-bond donors (Lipinski definition) is 3. The fourth-order valence-corrected chi connectivity index (χ4v) is 4.53. The number of rotatable bonds is 9. The van der Waals surface area contributed by atoms with Crippen molar-refractivity contribution < 1.29 is 29.0 Å². The predicted octanol–water partition coefficient (Wildman–Crippen LogP) is 4.51. The first-order valence-corrected chi connectivity index (χ1v) is 12.5. The van der Waals surface area contributed by atoms with Gasteiger partial charge in [-0.05, 0) is 60.7 Å². The minimum Gasteiger partial charge on any atom is -0.488 e. The highest BCUT2D eigenvalue weighted by Crippen LogP contribution is 2.44. The van der Waals surface area contributed by atoms with Gasteiger partial charge in [0.15, 0.2) is 0 Å². The predicted molar refractivity (Wildman–Crippen MR) is 143 cm³/mol. The van der Waals surface area contributed by atoms with Gasteiger partial charge in [-0.2, -0.15) is 0 Å². The van der Waals surface area contributed by atoms with Crippen molar-refractivity contribution in [2.75, 3.05) is 13.2 Å². The van der Waals surface area contributed by atoms with E-state index in [1.807, 2.05) is 69.3 Å². The van der Waals surface area contributed by atoms with Crippen molar-refractivity contribution in [3.05, 3.63) is 89.5 Å². The smallest absolute Gasteiger partial charge is 0.407 e. The van der Waals surface area contributed by atoms with Crippen LogP contribution in [0.25, 0.3) is 11.1 Å². The molecule has 0 radical (unpaired) electrons. The van der Waals surface area contributed by atoms with Crippen LogP contribution >= 0.6 is 0 Å². The minimum atomic E-state index is -1.17. The largest absolute Gasteiger partial charge is 0.488 e. The SMILES string of the molecule is CC(C)(C)Oc1ccc(C[C@H](NC(=O)CNC(=O)OCC2c3ccccc3-c3ccccc32)C(=O)O)cc1. The van der Waals surface area contributed by atoms with Crippen LogP contribution in [-0.2, 0) is 20.7 Å². The molecular formula is C30H32N2O6. The van der Waals surface area contributed by atoms with Crippen molar-refractivity contribution in [2.24, 2.45) is 0 Å². The van der Waals surface area contributed by atoms with E-state index >= 15 is 0 Å². The van der Waals surface area contributed by atoms with Crippen LogP contribution in [0.1, 0.15) is 43.4 Å². The molecule has 0 bridgehead atoms. The van der Waals surface area contributed by atoms with E-state index in [-0.39, 0.29) is 24.5 Å². The lowest BCUT2D eigenvalue weighted by Gasteiger charge is -2.21. The molecule has 198 valence electrons. The summed E-state index contributed by atoms with van der Waals surface area (Å²) in [6.45, 7) is 5.53. The van der Waals surface area contributed by atoms with Crippen molar-refractivity contribution in [3.63, 3.8) is 0 Å². The van der Waals surface area contributed by atoms with E-state index in [1.165, 1.54) is 0 Å². The van der Waals surface area contributed by atoms with Crippen LogP contribution in [0.3, 0.4) is 0 Å². The van der Waals surface area contributed by atoms with Crippen LogP contribution in [0.15, 0.2) is 72.8 Å². The average Bonchev–Trinajstić information content (AvgIpc) is 3.19. The van der Waals surface area contributed by atoms with Gasteiger partial charge in [-0.1, -0.05) is 60.7 Å². The van der Waals surface area contributed by atoms with Gasteiger partial charge in [0.05, 0.1) is 0 Å². The number of aliphatic carboxylic acids is 1. The second-order valence-corrected chi connectivity index (χ2v) is 10.2. The van der Waals surface area contributed by atoms with Crippen LogP contribution in [-0.4, -0.2) is 47.9 Å². The normalized spacial score (nSPS) is 13.1. The first kappa shape index (κ1) is 26.7. The van der Waals surface area contributed by atoms with Gasteiger partial charge >= 0.3 is 12.1 Å². The Morgan fingerprint density at radius 1 is 0.895 bits per heavy atom. The van der Waals surface area contributed by atoms with Gasteiger partial charge < -0.3 is 25.2 Å². The van der Waals surface area contributed by atoms with E-state index in [4.69, 9.17) is 9.47 Å². The zero-order chi connectivity index (χ0) is 27.3. The van der Waals surface area contributed by atoms with Crippen molar-refractivity contribution in [1.82, 2.24) is 10.6 Å². The molecule has 3 aromatic rings. The molecule has 0 heterocycles. The maximum atomic E-state index is 12.4. The number of nitrogens with one attached hydrogen (secondary N) is 2. The molecule has 0 aliphatic heterocycles. The van der Waals surface area contributed by atoms with Crippen LogP contribution in [0.5, 0.6) is 5.75 Å². The Hall–Kier alpha value is -4.33. The zero-order valence-electron chi connectivity index (χ0n) is 21.7. The number of ether oxygens (including phenoxy) is 2. The fraction of sp³-hybridized carbons (Fsp3) is 0.300. The van der Waals surface area contributed by atoms with Crippen LogP contribution in [0.4, 0.5) is 4.79 Å². The van der Waals surface area contributed by atoms with Crippen molar-refractivity contribution in [2.45, 2.75) is 44.8 Å². The first-order chi connectivity index (χ1) is 18.1. The van der Waals surface area contributed by atoms with Gasteiger partial charge in [-0.25, -0.2) is 9.59 Å². The number of alkyl carbamates (subject to hydrolysis) is 1. The number of carboxylic acids is 1. The number of carboxylic acid groups (broad SMARTS) is 1.